The summed E-state index contributed by atoms with van der Waals surface area (Å²) in [5.74, 6) is 0.147. The largest absolute Gasteiger partial charge is 0.372 e. The molecular formula is C19H25N3O2. The Morgan fingerprint density at radius 2 is 2.12 bits per heavy atom. The van der Waals surface area contributed by atoms with Gasteiger partial charge in [0, 0.05) is 37.9 Å². The van der Waals surface area contributed by atoms with Crippen molar-refractivity contribution in [2.75, 3.05) is 13.1 Å². The number of likely N-dealkylation sites (tertiary alicyclic amines) is 1. The van der Waals surface area contributed by atoms with Gasteiger partial charge in [-0.05, 0) is 50.5 Å². The maximum absolute atomic E-state index is 13.0. The lowest BCUT2D eigenvalue weighted by molar-refractivity contribution is -0.143. The zero-order chi connectivity index (χ0) is 17.0. The van der Waals surface area contributed by atoms with E-state index in [1.807, 2.05) is 66.2 Å². The molecule has 0 N–H and O–H groups in total. The van der Waals surface area contributed by atoms with Crippen LogP contribution in [-0.4, -0.2) is 39.6 Å². The number of aromatic nitrogens is 2. The number of ether oxygens (including phenoxy) is 1. The number of rotatable bonds is 5. The Bertz CT molecular complexity index is 653. The van der Waals surface area contributed by atoms with Gasteiger partial charge in [-0.3, -0.25) is 9.78 Å². The monoisotopic (exact) mass is 327 g/mol. The van der Waals surface area contributed by atoms with E-state index in [1.54, 1.807) is 6.20 Å². The zero-order valence-corrected chi connectivity index (χ0v) is 14.4. The molecule has 1 atom stereocenters. The molecule has 0 spiro atoms. The summed E-state index contributed by atoms with van der Waals surface area (Å²) in [6.07, 6.45) is 9.52. The van der Waals surface area contributed by atoms with E-state index in [9.17, 15) is 4.79 Å². The molecule has 128 valence electrons. The Labute approximate surface area is 143 Å². The molecule has 0 aromatic carbocycles. The molecule has 1 aliphatic heterocycles. The van der Waals surface area contributed by atoms with Crippen LogP contribution in [0.1, 0.15) is 32.3 Å². The molecule has 1 fully saturated rings. The summed E-state index contributed by atoms with van der Waals surface area (Å²) < 4.78 is 7.98. The van der Waals surface area contributed by atoms with Crippen molar-refractivity contribution in [3.63, 3.8) is 0 Å². The van der Waals surface area contributed by atoms with Crippen molar-refractivity contribution in [2.24, 2.45) is 0 Å². The molecule has 3 heterocycles. The Morgan fingerprint density at radius 3 is 2.83 bits per heavy atom. The van der Waals surface area contributed by atoms with Crippen LogP contribution in [-0.2, 0) is 21.7 Å². The number of hydrogen-bond donors (Lipinski definition) is 0. The summed E-state index contributed by atoms with van der Waals surface area (Å²) in [6.45, 7) is 5.94. The molecule has 2 aromatic rings. The summed E-state index contributed by atoms with van der Waals surface area (Å²) >= 11 is 0. The smallest absolute Gasteiger partial charge is 0.248 e. The predicted molar refractivity (Wildman–Crippen MR) is 92.4 cm³/mol. The molecule has 0 saturated carbocycles. The Morgan fingerprint density at radius 1 is 1.33 bits per heavy atom. The van der Waals surface area contributed by atoms with Crippen molar-refractivity contribution in [1.29, 1.82) is 0 Å². The highest BCUT2D eigenvalue weighted by atomic mass is 16.5. The van der Waals surface area contributed by atoms with Crippen LogP contribution in [0.5, 0.6) is 0 Å². The lowest BCUT2D eigenvalue weighted by atomic mass is 10.00. The topological polar surface area (TPSA) is 47.4 Å². The highest BCUT2D eigenvalue weighted by Gasteiger charge is 2.35. The van der Waals surface area contributed by atoms with Crippen molar-refractivity contribution < 1.29 is 9.53 Å². The molecule has 0 radical (unpaired) electrons. The number of carbonyl (C=O) groups is 1. The number of amides is 1. The Kier molecular flexibility index (Phi) is 5.00. The lowest BCUT2D eigenvalue weighted by Crippen LogP contribution is -2.51. The molecular weight excluding hydrogens is 302 g/mol. The molecule has 5 heteroatoms. The van der Waals surface area contributed by atoms with Gasteiger partial charge in [0.15, 0.2) is 0 Å². The van der Waals surface area contributed by atoms with E-state index in [1.165, 1.54) is 0 Å². The fourth-order valence-corrected chi connectivity index (χ4v) is 3.16. The van der Waals surface area contributed by atoms with Crippen molar-refractivity contribution in [3.05, 3.63) is 54.6 Å². The summed E-state index contributed by atoms with van der Waals surface area (Å²) in [7, 11) is 0. The first kappa shape index (κ1) is 16.7. The summed E-state index contributed by atoms with van der Waals surface area (Å²) in [5.41, 5.74) is 0.489. The SMILES string of the molecule is CC(C)(C(=O)N1CCC[C@H](OCc2cccnc2)C1)n1cccc1. The second-order valence-corrected chi connectivity index (χ2v) is 6.84. The van der Waals surface area contributed by atoms with Crippen LogP contribution in [0.4, 0.5) is 0 Å². The Hall–Kier alpha value is -2.14. The maximum atomic E-state index is 13.0. The third-order valence-electron chi connectivity index (χ3n) is 4.65. The minimum atomic E-state index is -0.575. The van der Waals surface area contributed by atoms with Crippen LogP contribution >= 0.6 is 0 Å². The van der Waals surface area contributed by atoms with Gasteiger partial charge in [-0.25, -0.2) is 0 Å². The van der Waals surface area contributed by atoms with Crippen molar-refractivity contribution >= 4 is 5.91 Å². The lowest BCUT2D eigenvalue weighted by Gasteiger charge is -2.38. The van der Waals surface area contributed by atoms with Gasteiger partial charge in [0.05, 0.1) is 12.7 Å². The molecule has 5 nitrogen and oxygen atoms in total. The van der Waals surface area contributed by atoms with Gasteiger partial charge in [0.2, 0.25) is 5.91 Å². The van der Waals surface area contributed by atoms with E-state index in [4.69, 9.17) is 4.74 Å². The van der Waals surface area contributed by atoms with E-state index >= 15 is 0 Å². The van der Waals surface area contributed by atoms with Gasteiger partial charge >= 0.3 is 0 Å². The van der Waals surface area contributed by atoms with Gasteiger partial charge in [0.1, 0.15) is 5.54 Å². The van der Waals surface area contributed by atoms with E-state index in [2.05, 4.69) is 4.98 Å². The first-order valence-corrected chi connectivity index (χ1v) is 8.51. The van der Waals surface area contributed by atoms with Gasteiger partial charge in [0.25, 0.3) is 0 Å². The zero-order valence-electron chi connectivity index (χ0n) is 14.4. The highest BCUT2D eigenvalue weighted by molar-refractivity contribution is 5.83. The number of pyridine rings is 1. The molecule has 1 amide bonds. The fourth-order valence-electron chi connectivity index (χ4n) is 3.16. The summed E-state index contributed by atoms with van der Waals surface area (Å²) in [6, 6.07) is 7.82. The third kappa shape index (κ3) is 3.67. The third-order valence-corrected chi connectivity index (χ3v) is 4.65. The number of nitrogens with zero attached hydrogens (tertiary/aromatic N) is 3. The van der Waals surface area contributed by atoms with Gasteiger partial charge in [-0.15, -0.1) is 0 Å². The van der Waals surface area contributed by atoms with Gasteiger partial charge < -0.3 is 14.2 Å². The quantitative estimate of drug-likeness (QED) is 0.848. The van der Waals surface area contributed by atoms with Gasteiger partial charge in [-0.1, -0.05) is 6.07 Å². The molecule has 0 aliphatic carbocycles. The minimum Gasteiger partial charge on any atom is -0.372 e. The second-order valence-electron chi connectivity index (χ2n) is 6.84. The van der Waals surface area contributed by atoms with Crippen molar-refractivity contribution in [3.8, 4) is 0 Å². The standard InChI is InChI=1S/C19H25N3O2/c1-19(2,22-11-3-4-12-22)18(23)21-10-6-8-17(14-21)24-15-16-7-5-9-20-13-16/h3-5,7,9,11-13,17H,6,8,10,14-15H2,1-2H3/t17-/m0/s1. The van der Waals surface area contributed by atoms with E-state index in [-0.39, 0.29) is 12.0 Å². The van der Waals surface area contributed by atoms with Gasteiger partial charge in [-0.2, -0.15) is 0 Å². The first-order chi connectivity index (χ1) is 11.6. The average Bonchev–Trinajstić information content (AvgIpc) is 3.16. The molecule has 3 rings (SSSR count). The van der Waals surface area contributed by atoms with Crippen LogP contribution < -0.4 is 0 Å². The fraction of sp³-hybridized carbons (Fsp3) is 0.474. The van der Waals surface area contributed by atoms with Crippen LogP contribution in [0.3, 0.4) is 0 Å². The van der Waals surface area contributed by atoms with Crippen molar-refractivity contribution in [2.45, 2.75) is 44.9 Å². The molecule has 0 unspecified atom stereocenters. The minimum absolute atomic E-state index is 0.0865. The van der Waals surface area contributed by atoms with Crippen molar-refractivity contribution in [1.82, 2.24) is 14.5 Å². The van der Waals surface area contributed by atoms with E-state index in [0.29, 0.717) is 13.2 Å². The van der Waals surface area contributed by atoms with Crippen LogP contribution in [0, 0.1) is 0 Å². The first-order valence-electron chi connectivity index (χ1n) is 8.51. The number of carbonyl (C=O) groups excluding carboxylic acids is 1. The molecule has 1 saturated heterocycles. The second kappa shape index (κ2) is 7.18. The van der Waals surface area contributed by atoms with E-state index in [0.717, 1.165) is 24.9 Å². The average molecular weight is 327 g/mol. The van der Waals surface area contributed by atoms with Crippen LogP contribution in [0.25, 0.3) is 0 Å². The highest BCUT2D eigenvalue weighted by Crippen LogP contribution is 2.23. The number of piperidine rings is 1. The molecule has 0 bridgehead atoms. The molecule has 2 aromatic heterocycles. The number of hydrogen-bond acceptors (Lipinski definition) is 3. The summed E-state index contributed by atoms with van der Waals surface area (Å²) in [5, 5.41) is 0. The normalized spacial score (nSPS) is 18.6. The molecule has 1 aliphatic rings. The van der Waals surface area contributed by atoms with E-state index < -0.39 is 5.54 Å². The maximum Gasteiger partial charge on any atom is 0.248 e. The predicted octanol–water partition coefficient (Wildman–Crippen LogP) is 2.83. The Balaban J connectivity index is 1.60. The molecule has 24 heavy (non-hydrogen) atoms. The summed E-state index contributed by atoms with van der Waals surface area (Å²) in [4.78, 5) is 19.0. The van der Waals surface area contributed by atoms with Crippen LogP contribution in [0.15, 0.2) is 49.1 Å². The van der Waals surface area contributed by atoms with Crippen LogP contribution in [0.2, 0.25) is 0 Å².